The summed E-state index contributed by atoms with van der Waals surface area (Å²) in [5.41, 5.74) is 3.02. The maximum atomic E-state index is 12.2. The molecule has 0 N–H and O–H groups in total. The van der Waals surface area contributed by atoms with E-state index in [1.807, 2.05) is 24.7 Å². The van der Waals surface area contributed by atoms with E-state index in [-0.39, 0.29) is 5.78 Å². The topological polar surface area (TPSA) is 34.9 Å². The number of Topliss-reactive ketones (excluding diaryl/α,β-unsaturated/α-hetero) is 1. The molecule has 2 rings (SSSR count). The Bertz CT molecular complexity index is 443. The van der Waals surface area contributed by atoms with Gasteiger partial charge >= 0.3 is 0 Å². The van der Waals surface area contributed by atoms with Crippen molar-refractivity contribution in [3.05, 3.63) is 29.1 Å². The van der Waals surface area contributed by atoms with Gasteiger partial charge in [-0.1, -0.05) is 12.5 Å². The molecule has 3 nitrogen and oxygen atoms in total. The number of nitrogens with zero attached hydrogens (tertiary/aromatic N) is 2. The predicted octanol–water partition coefficient (Wildman–Crippen LogP) is 2.73. The van der Waals surface area contributed by atoms with Gasteiger partial charge in [0.25, 0.3) is 0 Å². The lowest BCUT2D eigenvalue weighted by Crippen LogP contribution is -2.10. The number of aryl methyl sites for hydroxylation is 2. The van der Waals surface area contributed by atoms with Crippen LogP contribution in [0, 0.1) is 6.92 Å². The Labute approximate surface area is 103 Å². The summed E-state index contributed by atoms with van der Waals surface area (Å²) in [6.45, 7) is 1.96. The van der Waals surface area contributed by atoms with Gasteiger partial charge in [-0.3, -0.25) is 9.48 Å². The van der Waals surface area contributed by atoms with E-state index in [0.717, 1.165) is 36.2 Å². The van der Waals surface area contributed by atoms with Gasteiger partial charge in [-0.05, 0) is 44.2 Å². The summed E-state index contributed by atoms with van der Waals surface area (Å²) in [4.78, 5) is 12.2. The van der Waals surface area contributed by atoms with Crippen molar-refractivity contribution in [2.75, 3.05) is 0 Å². The average Bonchev–Trinajstić information content (AvgIpc) is 2.54. The number of rotatable bonds is 3. The zero-order chi connectivity index (χ0) is 12.3. The van der Waals surface area contributed by atoms with Gasteiger partial charge in [0.2, 0.25) is 0 Å². The summed E-state index contributed by atoms with van der Waals surface area (Å²) in [5.74, 6) is 0.273. The highest BCUT2D eigenvalue weighted by molar-refractivity contribution is 5.96. The number of carbonyl (C=O) groups excluding carboxylic acids is 1. The van der Waals surface area contributed by atoms with Crippen LogP contribution in [-0.2, 0) is 18.3 Å². The lowest BCUT2D eigenvalue weighted by molar-refractivity contribution is -0.115. The van der Waals surface area contributed by atoms with Crippen LogP contribution in [0.3, 0.4) is 0 Å². The Hall–Kier alpha value is -1.38. The molecule has 92 valence electrons. The molecule has 3 heteroatoms. The van der Waals surface area contributed by atoms with Crippen molar-refractivity contribution in [3.8, 4) is 0 Å². The van der Waals surface area contributed by atoms with Crippen LogP contribution in [-0.4, -0.2) is 15.6 Å². The molecular formula is C14H20N2O. The second kappa shape index (κ2) is 5.30. The zero-order valence-electron chi connectivity index (χ0n) is 10.7. The fourth-order valence-corrected chi connectivity index (χ4v) is 2.38. The quantitative estimate of drug-likeness (QED) is 0.803. The summed E-state index contributed by atoms with van der Waals surface area (Å²) in [5, 5.41) is 4.27. The van der Waals surface area contributed by atoms with Crippen LogP contribution >= 0.6 is 0 Å². The minimum atomic E-state index is 0.273. The van der Waals surface area contributed by atoms with E-state index in [0.29, 0.717) is 6.42 Å². The van der Waals surface area contributed by atoms with E-state index in [9.17, 15) is 4.79 Å². The van der Waals surface area contributed by atoms with E-state index in [1.165, 1.54) is 12.8 Å². The molecule has 0 amide bonds. The number of carbonyl (C=O) groups is 1. The number of hydrogen-bond donors (Lipinski definition) is 0. The van der Waals surface area contributed by atoms with Crippen LogP contribution in [0.5, 0.6) is 0 Å². The molecule has 0 bridgehead atoms. The summed E-state index contributed by atoms with van der Waals surface area (Å²) in [6.07, 6.45) is 8.27. The number of ketones is 1. The molecule has 0 unspecified atom stereocenters. The van der Waals surface area contributed by atoms with E-state index in [4.69, 9.17) is 0 Å². The minimum absolute atomic E-state index is 0.273. The van der Waals surface area contributed by atoms with Crippen LogP contribution in [0.25, 0.3) is 0 Å². The van der Waals surface area contributed by atoms with Gasteiger partial charge in [0.05, 0.1) is 12.1 Å². The maximum absolute atomic E-state index is 12.2. The highest BCUT2D eigenvalue weighted by Crippen LogP contribution is 2.19. The van der Waals surface area contributed by atoms with E-state index >= 15 is 0 Å². The molecule has 1 aromatic rings. The lowest BCUT2D eigenvalue weighted by Gasteiger charge is -2.04. The summed E-state index contributed by atoms with van der Waals surface area (Å²) in [7, 11) is 1.90. The predicted molar refractivity (Wildman–Crippen MR) is 67.8 cm³/mol. The molecule has 0 radical (unpaired) electrons. The van der Waals surface area contributed by atoms with Gasteiger partial charge in [0.1, 0.15) is 0 Å². The number of hydrogen-bond acceptors (Lipinski definition) is 2. The normalized spacial score (nSPS) is 16.5. The minimum Gasteiger partial charge on any atom is -0.294 e. The van der Waals surface area contributed by atoms with Crippen molar-refractivity contribution in [3.63, 3.8) is 0 Å². The Morgan fingerprint density at radius 3 is 2.94 bits per heavy atom. The highest BCUT2D eigenvalue weighted by Gasteiger charge is 2.14. The van der Waals surface area contributed by atoms with Gasteiger partial charge in [0.15, 0.2) is 5.78 Å². The molecule has 0 spiro atoms. The molecule has 17 heavy (non-hydrogen) atoms. The van der Waals surface area contributed by atoms with Crippen molar-refractivity contribution in [1.82, 2.24) is 9.78 Å². The van der Waals surface area contributed by atoms with Crippen LogP contribution < -0.4 is 0 Å². The first kappa shape index (κ1) is 12.1. The van der Waals surface area contributed by atoms with Gasteiger partial charge < -0.3 is 0 Å². The molecule has 1 aliphatic rings. The van der Waals surface area contributed by atoms with E-state index < -0.39 is 0 Å². The molecule has 0 fully saturated rings. The van der Waals surface area contributed by atoms with Gasteiger partial charge in [-0.25, -0.2) is 0 Å². The first-order chi connectivity index (χ1) is 8.16. The van der Waals surface area contributed by atoms with E-state index in [1.54, 1.807) is 0 Å². The SMILES string of the molecule is Cc1cc(CC(=O)C2=CCCCCC2)n(C)n1. The van der Waals surface area contributed by atoms with Crippen molar-refractivity contribution in [2.45, 2.75) is 45.4 Å². The van der Waals surface area contributed by atoms with Crippen LogP contribution in [0.2, 0.25) is 0 Å². The third-order valence-corrected chi connectivity index (χ3v) is 3.34. The lowest BCUT2D eigenvalue weighted by atomic mass is 10.0. The van der Waals surface area contributed by atoms with Crippen molar-refractivity contribution in [1.29, 1.82) is 0 Å². The molecular weight excluding hydrogens is 212 g/mol. The monoisotopic (exact) mass is 232 g/mol. The highest BCUT2D eigenvalue weighted by atomic mass is 16.1. The molecule has 0 aliphatic heterocycles. The first-order valence-electron chi connectivity index (χ1n) is 6.38. The van der Waals surface area contributed by atoms with Crippen LogP contribution in [0.1, 0.15) is 43.5 Å². The summed E-state index contributed by atoms with van der Waals surface area (Å²) in [6, 6.07) is 2.00. The molecule has 0 saturated heterocycles. The fraction of sp³-hybridized carbons (Fsp3) is 0.571. The van der Waals surface area contributed by atoms with Gasteiger partial charge in [0, 0.05) is 12.7 Å². The first-order valence-corrected chi connectivity index (χ1v) is 6.38. The second-order valence-electron chi connectivity index (χ2n) is 4.83. The van der Waals surface area contributed by atoms with Crippen molar-refractivity contribution in [2.24, 2.45) is 7.05 Å². The molecule has 0 aromatic carbocycles. The number of aromatic nitrogens is 2. The standard InChI is InChI=1S/C14H20N2O/c1-11-9-13(16(2)15-11)10-14(17)12-7-5-3-4-6-8-12/h7,9H,3-6,8,10H2,1-2H3. The Morgan fingerprint density at radius 1 is 1.41 bits per heavy atom. The average molecular weight is 232 g/mol. The molecule has 0 atom stereocenters. The fourth-order valence-electron chi connectivity index (χ4n) is 2.38. The molecule has 1 aromatic heterocycles. The molecule has 0 saturated carbocycles. The van der Waals surface area contributed by atoms with Crippen molar-refractivity contribution >= 4 is 5.78 Å². The Morgan fingerprint density at radius 2 is 2.24 bits per heavy atom. The third-order valence-electron chi connectivity index (χ3n) is 3.34. The summed E-state index contributed by atoms with van der Waals surface area (Å²) >= 11 is 0. The van der Waals surface area contributed by atoms with Crippen LogP contribution in [0.4, 0.5) is 0 Å². The molecule has 1 heterocycles. The smallest absolute Gasteiger partial charge is 0.164 e. The van der Waals surface area contributed by atoms with Crippen LogP contribution in [0.15, 0.2) is 17.7 Å². The molecule has 1 aliphatic carbocycles. The summed E-state index contributed by atoms with van der Waals surface area (Å²) < 4.78 is 1.81. The maximum Gasteiger partial charge on any atom is 0.164 e. The largest absolute Gasteiger partial charge is 0.294 e. The zero-order valence-corrected chi connectivity index (χ0v) is 10.7. The van der Waals surface area contributed by atoms with Gasteiger partial charge in [-0.15, -0.1) is 0 Å². The number of allylic oxidation sites excluding steroid dienone is 2. The Balaban J connectivity index is 2.05. The van der Waals surface area contributed by atoms with Crippen molar-refractivity contribution < 1.29 is 4.79 Å². The van der Waals surface area contributed by atoms with Gasteiger partial charge in [-0.2, -0.15) is 5.10 Å². The second-order valence-corrected chi connectivity index (χ2v) is 4.83. The Kier molecular flexibility index (Phi) is 3.77. The third kappa shape index (κ3) is 3.05. The van der Waals surface area contributed by atoms with E-state index in [2.05, 4.69) is 11.2 Å².